The average Bonchev–Trinajstić information content (AvgIpc) is 3.24. The Morgan fingerprint density at radius 1 is 0.481 bits per heavy atom. The minimum absolute atomic E-state index is 0.00219. The maximum atomic E-state index is 5.12. The van der Waals surface area contributed by atoms with Crippen LogP contribution < -0.4 is 0 Å². The van der Waals surface area contributed by atoms with Crippen molar-refractivity contribution >= 4 is 11.6 Å². The van der Waals surface area contributed by atoms with Crippen molar-refractivity contribution in [3.05, 3.63) is 180 Å². The smallest absolute Gasteiger partial charge is 0.160 e. The lowest BCUT2D eigenvalue weighted by molar-refractivity contribution is 0.346. The van der Waals surface area contributed by atoms with Crippen LogP contribution in [0.4, 0.5) is 0 Å². The highest BCUT2D eigenvalue weighted by Gasteiger charge is 2.35. The van der Waals surface area contributed by atoms with Gasteiger partial charge in [-0.15, -0.1) is 0 Å². The fraction of sp³-hybridized carbons (Fsp3) is 0.200. The molecule has 52 heavy (non-hydrogen) atoms. The van der Waals surface area contributed by atoms with Crippen LogP contribution in [0.1, 0.15) is 79.3 Å². The molecule has 254 valence electrons. The number of benzene rings is 5. The molecule has 0 atom stereocenters. The summed E-state index contributed by atoms with van der Waals surface area (Å²) in [5.41, 5.74) is 16.1. The zero-order valence-corrected chi connectivity index (χ0v) is 29.8. The third kappa shape index (κ3) is 6.28. The third-order valence-corrected chi connectivity index (χ3v) is 11.5. The summed E-state index contributed by atoms with van der Waals surface area (Å²) in [5.74, 6) is 0.777. The molecule has 0 radical (unpaired) electrons. The van der Waals surface area contributed by atoms with Gasteiger partial charge in [-0.2, -0.15) is 0 Å². The molecule has 6 aromatic rings. The van der Waals surface area contributed by atoms with E-state index in [-0.39, 0.29) is 5.41 Å². The lowest BCUT2D eigenvalue weighted by atomic mass is 9.65. The lowest BCUT2D eigenvalue weighted by Crippen LogP contribution is -2.30. The van der Waals surface area contributed by atoms with Gasteiger partial charge in [0.25, 0.3) is 0 Å². The Morgan fingerprint density at radius 3 is 1.94 bits per heavy atom. The highest BCUT2D eigenvalue weighted by molar-refractivity contribution is 5.81. The maximum Gasteiger partial charge on any atom is 0.160 e. The summed E-state index contributed by atoms with van der Waals surface area (Å²) < 4.78 is 0. The molecule has 3 aliphatic rings. The molecule has 0 amide bonds. The molecule has 5 aromatic carbocycles. The lowest BCUT2D eigenvalue weighted by Gasteiger charge is -2.39. The van der Waals surface area contributed by atoms with Gasteiger partial charge >= 0.3 is 0 Å². The van der Waals surface area contributed by atoms with E-state index >= 15 is 0 Å². The van der Waals surface area contributed by atoms with Gasteiger partial charge < -0.3 is 0 Å². The Kier molecular flexibility index (Phi) is 8.82. The second-order valence-corrected chi connectivity index (χ2v) is 14.7. The molecule has 2 heteroatoms. The van der Waals surface area contributed by atoms with Crippen LogP contribution in [0.2, 0.25) is 0 Å². The fourth-order valence-electron chi connectivity index (χ4n) is 8.69. The normalized spacial score (nSPS) is 16.3. The van der Waals surface area contributed by atoms with E-state index in [0.717, 1.165) is 54.0 Å². The predicted octanol–water partition coefficient (Wildman–Crippen LogP) is 13.1. The third-order valence-electron chi connectivity index (χ3n) is 11.5. The highest BCUT2D eigenvalue weighted by atomic mass is 14.9. The van der Waals surface area contributed by atoms with E-state index in [1.807, 2.05) is 0 Å². The van der Waals surface area contributed by atoms with Crippen LogP contribution >= 0.6 is 0 Å². The molecule has 0 saturated heterocycles. The van der Waals surface area contributed by atoms with Crippen LogP contribution in [0.25, 0.3) is 56.5 Å². The van der Waals surface area contributed by atoms with E-state index in [2.05, 4.69) is 158 Å². The van der Waals surface area contributed by atoms with Crippen LogP contribution in [0.3, 0.4) is 0 Å². The highest BCUT2D eigenvalue weighted by Crippen LogP contribution is 2.46. The van der Waals surface area contributed by atoms with Crippen molar-refractivity contribution in [1.82, 2.24) is 9.97 Å². The monoisotopic (exact) mass is 672 g/mol. The predicted molar refractivity (Wildman–Crippen MR) is 218 cm³/mol. The summed E-state index contributed by atoms with van der Waals surface area (Å²) in [5, 5.41) is 0. The standard InChI is InChI=1S/C50H44N2/c1-4-15-38(16-5-1)47-35-48(39-17-6-2-7-18-39)52-49(51-47)40-26-30-44(31-27-40)50(32-10-3-11-33-50)43-28-24-36(25-29-43)41-20-12-21-42(34-41)46-23-13-19-37-14-8-9-22-45(37)46/h1,4-6,9,12-13,15-31,34-35H,2-3,7-8,10-11,14,32-33H2. The fourth-order valence-corrected chi connectivity index (χ4v) is 8.69. The molecule has 9 rings (SSSR count). The first kappa shape index (κ1) is 32.3. The molecule has 0 spiro atoms. The number of aromatic nitrogens is 2. The zero-order valence-electron chi connectivity index (χ0n) is 29.8. The van der Waals surface area contributed by atoms with Gasteiger partial charge in [0, 0.05) is 16.5 Å². The quantitative estimate of drug-likeness (QED) is 0.169. The SMILES string of the molecule is C1=CC(c2cc(-c3ccccc3)nc(-c3ccc(C4(c5ccc(-c6cccc(-c7cccc8c7C=CCC8)c6)cc5)CCCCC4)cc3)n2)=CCC1. The zero-order chi connectivity index (χ0) is 34.7. The summed E-state index contributed by atoms with van der Waals surface area (Å²) in [6.45, 7) is 0. The summed E-state index contributed by atoms with van der Waals surface area (Å²) in [6.07, 6.45) is 21.9. The van der Waals surface area contributed by atoms with Gasteiger partial charge in [-0.25, -0.2) is 9.97 Å². The van der Waals surface area contributed by atoms with Crippen molar-refractivity contribution in [1.29, 1.82) is 0 Å². The minimum Gasteiger partial charge on any atom is -0.228 e. The van der Waals surface area contributed by atoms with Crippen LogP contribution in [0, 0.1) is 0 Å². The Balaban J connectivity index is 1.04. The van der Waals surface area contributed by atoms with Gasteiger partial charge in [0.15, 0.2) is 5.82 Å². The van der Waals surface area contributed by atoms with Crippen molar-refractivity contribution in [2.45, 2.75) is 63.2 Å². The Morgan fingerprint density at radius 2 is 1.17 bits per heavy atom. The van der Waals surface area contributed by atoms with Crippen LogP contribution in [-0.2, 0) is 11.8 Å². The molecule has 1 aromatic heterocycles. The van der Waals surface area contributed by atoms with E-state index in [0.29, 0.717) is 0 Å². The molecule has 0 aliphatic heterocycles. The number of allylic oxidation sites excluding steroid dienone is 5. The molecular weight excluding hydrogens is 629 g/mol. The molecule has 1 saturated carbocycles. The summed E-state index contributed by atoms with van der Waals surface area (Å²) in [4.78, 5) is 10.2. The van der Waals surface area contributed by atoms with Gasteiger partial charge in [-0.3, -0.25) is 0 Å². The number of hydrogen-bond donors (Lipinski definition) is 0. The van der Waals surface area contributed by atoms with Gasteiger partial charge in [0.2, 0.25) is 0 Å². The first-order valence-electron chi connectivity index (χ1n) is 19.2. The van der Waals surface area contributed by atoms with Crippen LogP contribution in [-0.4, -0.2) is 9.97 Å². The molecular formula is C50H44N2. The first-order valence-corrected chi connectivity index (χ1v) is 19.2. The van der Waals surface area contributed by atoms with Crippen molar-refractivity contribution in [3.63, 3.8) is 0 Å². The molecule has 3 aliphatic carbocycles. The van der Waals surface area contributed by atoms with E-state index in [1.165, 1.54) is 82.2 Å². The number of hydrogen-bond acceptors (Lipinski definition) is 2. The Hall–Kier alpha value is -5.60. The van der Waals surface area contributed by atoms with E-state index in [9.17, 15) is 0 Å². The Bertz CT molecular complexity index is 2300. The molecule has 1 fully saturated rings. The van der Waals surface area contributed by atoms with Crippen molar-refractivity contribution in [3.8, 4) is 44.9 Å². The second kappa shape index (κ2) is 14.2. The summed E-state index contributed by atoms with van der Waals surface area (Å²) >= 11 is 0. The van der Waals surface area contributed by atoms with Gasteiger partial charge in [0.05, 0.1) is 11.4 Å². The van der Waals surface area contributed by atoms with E-state index < -0.39 is 0 Å². The molecule has 0 unspecified atom stereocenters. The molecule has 0 bridgehead atoms. The largest absolute Gasteiger partial charge is 0.228 e. The van der Waals surface area contributed by atoms with Gasteiger partial charge in [-0.05, 0) is 101 Å². The number of nitrogens with zero attached hydrogens (tertiary/aromatic N) is 2. The minimum atomic E-state index is 0.00219. The first-order chi connectivity index (χ1) is 25.7. The number of rotatable bonds is 7. The van der Waals surface area contributed by atoms with Crippen molar-refractivity contribution in [2.24, 2.45) is 0 Å². The van der Waals surface area contributed by atoms with Crippen LogP contribution in [0.15, 0.2) is 152 Å². The maximum absolute atomic E-state index is 5.12. The van der Waals surface area contributed by atoms with Gasteiger partial charge in [0.1, 0.15) is 0 Å². The summed E-state index contributed by atoms with van der Waals surface area (Å²) in [7, 11) is 0. The van der Waals surface area contributed by atoms with Gasteiger partial charge in [-0.1, -0.05) is 165 Å². The number of fused-ring (bicyclic) bond motifs is 1. The van der Waals surface area contributed by atoms with E-state index in [4.69, 9.17) is 9.97 Å². The average molecular weight is 673 g/mol. The second-order valence-electron chi connectivity index (χ2n) is 14.7. The van der Waals surface area contributed by atoms with Crippen LogP contribution in [0.5, 0.6) is 0 Å². The van der Waals surface area contributed by atoms with Crippen molar-refractivity contribution in [2.75, 3.05) is 0 Å². The summed E-state index contributed by atoms with van der Waals surface area (Å²) in [6, 6.07) is 47.1. The number of aryl methyl sites for hydroxylation is 1. The molecule has 2 nitrogen and oxygen atoms in total. The van der Waals surface area contributed by atoms with E-state index in [1.54, 1.807) is 0 Å². The topological polar surface area (TPSA) is 25.8 Å². The molecule has 0 N–H and O–H groups in total. The Labute approximate surface area is 308 Å². The molecule has 1 heterocycles. The van der Waals surface area contributed by atoms with Crippen molar-refractivity contribution < 1.29 is 0 Å².